The first-order chi connectivity index (χ1) is 13.4. The molecule has 6 nitrogen and oxygen atoms in total. The van der Waals surface area contributed by atoms with E-state index in [1.54, 1.807) is 12.1 Å². The number of anilines is 1. The van der Waals surface area contributed by atoms with Gasteiger partial charge in [0.1, 0.15) is 0 Å². The molecule has 0 heterocycles. The summed E-state index contributed by atoms with van der Waals surface area (Å²) in [6.45, 7) is 7.59. The maximum atomic E-state index is 12.7. The Morgan fingerprint density at radius 1 is 1.00 bits per heavy atom. The molecule has 0 unspecified atom stereocenters. The number of hydrogen-bond acceptors (Lipinski definition) is 4. The van der Waals surface area contributed by atoms with Crippen molar-refractivity contribution in [1.29, 1.82) is 0 Å². The van der Waals surface area contributed by atoms with Crippen molar-refractivity contribution in [2.45, 2.75) is 38.1 Å². The second-order valence-corrected chi connectivity index (χ2v) is 8.39. The van der Waals surface area contributed by atoms with Crippen molar-refractivity contribution in [2.75, 3.05) is 25.0 Å². The number of benzene rings is 2. The maximum Gasteiger partial charge on any atom is 0.240 e. The molecule has 28 heavy (non-hydrogen) atoms. The van der Waals surface area contributed by atoms with Crippen molar-refractivity contribution >= 4 is 21.6 Å². The van der Waals surface area contributed by atoms with Gasteiger partial charge < -0.3 is 5.32 Å². The zero-order chi connectivity index (χ0) is 20.6. The molecule has 7 heteroatoms. The minimum Gasteiger partial charge on any atom is -0.326 e. The molecule has 0 spiro atoms. The van der Waals surface area contributed by atoms with Crippen LogP contribution in [-0.4, -0.2) is 44.9 Å². The van der Waals surface area contributed by atoms with E-state index in [4.69, 9.17) is 0 Å². The molecule has 0 aromatic heterocycles. The van der Waals surface area contributed by atoms with Gasteiger partial charge in [-0.25, -0.2) is 13.1 Å². The molecule has 1 atom stereocenters. The maximum absolute atomic E-state index is 12.7. The molecule has 152 valence electrons. The van der Waals surface area contributed by atoms with Gasteiger partial charge in [-0.05, 0) is 49.3 Å². The van der Waals surface area contributed by atoms with Gasteiger partial charge >= 0.3 is 0 Å². The summed E-state index contributed by atoms with van der Waals surface area (Å²) < 4.78 is 28.2. The molecular weight excluding hydrogens is 374 g/mol. The summed E-state index contributed by atoms with van der Waals surface area (Å²) in [4.78, 5) is 13.5. The van der Waals surface area contributed by atoms with E-state index in [-0.39, 0.29) is 16.8 Å². The molecule has 0 aliphatic heterocycles. The summed E-state index contributed by atoms with van der Waals surface area (Å²) in [6, 6.07) is 16.3. The smallest absolute Gasteiger partial charge is 0.240 e. The van der Waals surface area contributed by atoms with Crippen LogP contribution in [0.15, 0.2) is 59.5 Å². The van der Waals surface area contributed by atoms with Crippen LogP contribution in [0.3, 0.4) is 0 Å². The van der Waals surface area contributed by atoms with Crippen LogP contribution in [0.25, 0.3) is 0 Å². The van der Waals surface area contributed by atoms with Crippen molar-refractivity contribution < 1.29 is 13.2 Å². The monoisotopic (exact) mass is 403 g/mol. The van der Waals surface area contributed by atoms with Gasteiger partial charge in [-0.2, -0.15) is 0 Å². The third-order valence-electron chi connectivity index (χ3n) is 4.64. The SMILES string of the molecule is CCN(CC)[C@@H](CNS(=O)(=O)c1ccc(NC(C)=O)cc1)Cc1ccccc1. The highest BCUT2D eigenvalue weighted by molar-refractivity contribution is 7.89. The number of nitrogens with zero attached hydrogens (tertiary/aromatic N) is 1. The lowest BCUT2D eigenvalue weighted by Gasteiger charge is -2.30. The number of hydrogen-bond donors (Lipinski definition) is 2. The Morgan fingerprint density at radius 3 is 2.14 bits per heavy atom. The number of carbonyl (C=O) groups is 1. The standard InChI is InChI=1S/C21H29N3O3S/c1-4-24(5-2)20(15-18-9-7-6-8-10-18)16-22-28(26,27)21-13-11-19(12-14-21)23-17(3)25/h6-14,20,22H,4-5,15-16H2,1-3H3,(H,23,25)/t20-/m1/s1. The first-order valence-corrected chi connectivity index (χ1v) is 11.0. The minimum atomic E-state index is -3.63. The number of carbonyl (C=O) groups excluding carboxylic acids is 1. The van der Waals surface area contributed by atoms with Crippen LogP contribution in [-0.2, 0) is 21.2 Å². The van der Waals surface area contributed by atoms with Crippen LogP contribution < -0.4 is 10.0 Å². The minimum absolute atomic E-state index is 0.0610. The lowest BCUT2D eigenvalue weighted by molar-refractivity contribution is -0.114. The first kappa shape index (κ1) is 22.1. The molecule has 2 N–H and O–H groups in total. The van der Waals surface area contributed by atoms with Crippen LogP contribution in [0.1, 0.15) is 26.3 Å². The quantitative estimate of drug-likeness (QED) is 0.639. The van der Waals surface area contributed by atoms with E-state index in [9.17, 15) is 13.2 Å². The van der Waals surface area contributed by atoms with E-state index in [1.165, 1.54) is 24.6 Å². The van der Waals surface area contributed by atoms with E-state index in [0.717, 1.165) is 19.5 Å². The molecule has 0 saturated heterocycles. The van der Waals surface area contributed by atoms with Crippen LogP contribution >= 0.6 is 0 Å². The molecule has 0 saturated carbocycles. The predicted molar refractivity (Wildman–Crippen MR) is 113 cm³/mol. The average Bonchev–Trinajstić information content (AvgIpc) is 2.67. The molecule has 0 bridgehead atoms. The third kappa shape index (κ3) is 6.44. The Hall–Kier alpha value is -2.22. The summed E-state index contributed by atoms with van der Waals surface area (Å²) in [7, 11) is -3.63. The Balaban J connectivity index is 2.10. The predicted octanol–water partition coefficient (Wildman–Crippen LogP) is 2.88. The zero-order valence-corrected chi connectivity index (χ0v) is 17.5. The number of likely N-dealkylation sites (N-methyl/N-ethyl adjacent to an activating group) is 1. The largest absolute Gasteiger partial charge is 0.326 e. The molecule has 0 aliphatic rings. The van der Waals surface area contributed by atoms with Crippen LogP contribution in [0.4, 0.5) is 5.69 Å². The fraction of sp³-hybridized carbons (Fsp3) is 0.381. The van der Waals surface area contributed by atoms with Crippen LogP contribution in [0.2, 0.25) is 0 Å². The molecule has 0 aliphatic carbocycles. The number of amides is 1. The van der Waals surface area contributed by atoms with E-state index in [0.29, 0.717) is 12.2 Å². The lowest BCUT2D eigenvalue weighted by atomic mass is 10.0. The molecule has 0 radical (unpaired) electrons. The van der Waals surface area contributed by atoms with Gasteiger partial charge in [0.15, 0.2) is 0 Å². The van der Waals surface area contributed by atoms with Gasteiger partial charge in [-0.1, -0.05) is 44.2 Å². The zero-order valence-electron chi connectivity index (χ0n) is 16.7. The molecule has 2 rings (SSSR count). The van der Waals surface area contributed by atoms with E-state index in [1.807, 2.05) is 18.2 Å². The third-order valence-corrected chi connectivity index (χ3v) is 6.08. The second-order valence-electron chi connectivity index (χ2n) is 6.62. The average molecular weight is 404 g/mol. The van der Waals surface area contributed by atoms with Gasteiger partial charge in [0.2, 0.25) is 15.9 Å². The Kier molecular flexibility index (Phi) is 8.17. The Bertz CT molecular complexity index is 848. The topological polar surface area (TPSA) is 78.5 Å². The number of sulfonamides is 1. The van der Waals surface area contributed by atoms with Crippen molar-refractivity contribution in [3.05, 3.63) is 60.2 Å². The highest BCUT2D eigenvalue weighted by Gasteiger charge is 2.21. The molecule has 2 aromatic rings. The van der Waals surface area contributed by atoms with Gasteiger partial charge in [0, 0.05) is 25.2 Å². The van der Waals surface area contributed by atoms with Gasteiger partial charge in [0.05, 0.1) is 4.90 Å². The van der Waals surface area contributed by atoms with Gasteiger partial charge in [-0.3, -0.25) is 9.69 Å². The summed E-state index contributed by atoms with van der Waals surface area (Å²) >= 11 is 0. The Labute approximate surface area is 168 Å². The molecule has 1 amide bonds. The van der Waals surface area contributed by atoms with Crippen molar-refractivity contribution in [2.24, 2.45) is 0 Å². The molecule has 0 fully saturated rings. The lowest BCUT2D eigenvalue weighted by Crippen LogP contribution is -2.45. The second kappa shape index (κ2) is 10.4. The first-order valence-electron chi connectivity index (χ1n) is 9.51. The summed E-state index contributed by atoms with van der Waals surface area (Å²) in [5.74, 6) is -0.197. The van der Waals surface area contributed by atoms with E-state index < -0.39 is 10.0 Å². The number of nitrogens with one attached hydrogen (secondary N) is 2. The summed E-state index contributed by atoms with van der Waals surface area (Å²) in [5.41, 5.74) is 1.75. The Morgan fingerprint density at radius 2 is 1.61 bits per heavy atom. The highest BCUT2D eigenvalue weighted by atomic mass is 32.2. The van der Waals surface area contributed by atoms with Crippen LogP contribution in [0, 0.1) is 0 Å². The van der Waals surface area contributed by atoms with Gasteiger partial charge in [0.25, 0.3) is 0 Å². The fourth-order valence-electron chi connectivity index (χ4n) is 3.17. The fourth-order valence-corrected chi connectivity index (χ4v) is 4.24. The van der Waals surface area contributed by atoms with Crippen molar-refractivity contribution in [3.63, 3.8) is 0 Å². The normalized spacial score (nSPS) is 12.7. The van der Waals surface area contributed by atoms with Crippen molar-refractivity contribution in [3.8, 4) is 0 Å². The van der Waals surface area contributed by atoms with Crippen molar-refractivity contribution in [1.82, 2.24) is 9.62 Å². The van der Waals surface area contributed by atoms with E-state index in [2.05, 4.69) is 40.9 Å². The van der Waals surface area contributed by atoms with Crippen LogP contribution in [0.5, 0.6) is 0 Å². The van der Waals surface area contributed by atoms with Gasteiger partial charge in [-0.15, -0.1) is 0 Å². The summed E-state index contributed by atoms with van der Waals surface area (Å²) in [6.07, 6.45) is 0.770. The molecular formula is C21H29N3O3S. The molecule has 2 aromatic carbocycles. The summed E-state index contributed by atoms with van der Waals surface area (Å²) in [5, 5.41) is 2.63. The highest BCUT2D eigenvalue weighted by Crippen LogP contribution is 2.15. The van der Waals surface area contributed by atoms with E-state index >= 15 is 0 Å². The number of rotatable bonds is 10.